The maximum Gasteiger partial charge on any atom is 0.259 e. The Balaban J connectivity index is 2.70. The van der Waals surface area contributed by atoms with Gasteiger partial charge in [-0.15, -0.1) is 0 Å². The number of nitrogens with one attached hydrogen (secondary N) is 2. The summed E-state index contributed by atoms with van der Waals surface area (Å²) >= 11 is 0. The molecule has 0 radical (unpaired) electrons. The number of hydrogen-bond donors (Lipinski definition) is 3. The number of aliphatic hydroxyl groups excluding tert-OH is 1. The molecule has 100 valence electrons. The fraction of sp³-hybridized carbons (Fsp3) is 0.333. The summed E-state index contributed by atoms with van der Waals surface area (Å²) in [4.78, 5) is 46.7. The van der Waals surface area contributed by atoms with Crippen LogP contribution in [0.4, 0.5) is 0 Å². The molecular formula is C12H12N2O5. The summed E-state index contributed by atoms with van der Waals surface area (Å²) in [5.74, 6) is -2.82. The molecule has 0 saturated heterocycles. The van der Waals surface area contributed by atoms with Gasteiger partial charge in [-0.05, 0) is 13.3 Å². The van der Waals surface area contributed by atoms with Gasteiger partial charge in [0.05, 0.1) is 22.8 Å². The van der Waals surface area contributed by atoms with Crippen molar-refractivity contribution >= 4 is 23.6 Å². The van der Waals surface area contributed by atoms with E-state index in [0.717, 1.165) is 0 Å². The second-order valence-corrected chi connectivity index (χ2v) is 4.24. The molecule has 0 fully saturated rings. The van der Waals surface area contributed by atoms with Crippen LogP contribution in [0.5, 0.6) is 0 Å². The number of amides is 4. The third-order valence-corrected chi connectivity index (χ3v) is 3.02. The highest BCUT2D eigenvalue weighted by atomic mass is 16.3. The second-order valence-electron chi connectivity index (χ2n) is 4.24. The predicted octanol–water partition coefficient (Wildman–Crippen LogP) is -1.32. The van der Waals surface area contributed by atoms with Gasteiger partial charge >= 0.3 is 0 Å². The molecule has 0 saturated carbocycles. The maximum atomic E-state index is 11.8. The Kier molecular flexibility index (Phi) is 3.07. The molecule has 0 aromatic heterocycles. The lowest BCUT2D eigenvalue weighted by Crippen LogP contribution is -2.26. The molecule has 7 nitrogen and oxygen atoms in total. The van der Waals surface area contributed by atoms with Crippen molar-refractivity contribution < 1.29 is 24.3 Å². The molecule has 2 aliphatic rings. The molecule has 0 bridgehead atoms. The first kappa shape index (κ1) is 13.2. The van der Waals surface area contributed by atoms with E-state index in [4.69, 9.17) is 0 Å². The Morgan fingerprint density at radius 3 is 2.00 bits per heavy atom. The normalized spacial score (nSPS) is 21.2. The highest BCUT2D eigenvalue weighted by molar-refractivity contribution is 6.31. The van der Waals surface area contributed by atoms with E-state index in [9.17, 15) is 24.3 Å². The van der Waals surface area contributed by atoms with Gasteiger partial charge in [-0.1, -0.05) is 6.92 Å². The van der Waals surface area contributed by atoms with Gasteiger partial charge in [-0.3, -0.25) is 29.8 Å². The lowest BCUT2D eigenvalue weighted by atomic mass is 9.94. The van der Waals surface area contributed by atoms with Crippen molar-refractivity contribution in [2.45, 2.75) is 26.4 Å². The van der Waals surface area contributed by atoms with Crippen LogP contribution in [0.15, 0.2) is 22.3 Å². The topological polar surface area (TPSA) is 113 Å². The van der Waals surface area contributed by atoms with Crippen molar-refractivity contribution in [1.82, 2.24) is 10.6 Å². The molecule has 3 N–H and O–H groups in total. The van der Waals surface area contributed by atoms with Gasteiger partial charge < -0.3 is 5.11 Å². The summed E-state index contributed by atoms with van der Waals surface area (Å²) in [5.41, 5.74) is -0.370. The molecule has 2 heterocycles. The van der Waals surface area contributed by atoms with Crippen LogP contribution in [0.25, 0.3) is 0 Å². The van der Waals surface area contributed by atoms with Gasteiger partial charge in [-0.25, -0.2) is 0 Å². The molecule has 1 unspecified atom stereocenters. The first-order chi connectivity index (χ1) is 8.88. The number of hydrogen-bond acceptors (Lipinski definition) is 5. The minimum atomic E-state index is -1.21. The highest BCUT2D eigenvalue weighted by Crippen LogP contribution is 2.29. The molecule has 0 spiro atoms. The Morgan fingerprint density at radius 2 is 1.47 bits per heavy atom. The summed E-state index contributed by atoms with van der Waals surface area (Å²) in [7, 11) is 0. The average molecular weight is 264 g/mol. The lowest BCUT2D eigenvalue weighted by Gasteiger charge is -2.06. The Morgan fingerprint density at radius 1 is 0.947 bits per heavy atom. The average Bonchev–Trinajstić information content (AvgIpc) is 2.74. The van der Waals surface area contributed by atoms with E-state index in [1.54, 1.807) is 6.92 Å². The third kappa shape index (κ3) is 1.88. The summed E-state index contributed by atoms with van der Waals surface area (Å²) < 4.78 is 0. The molecule has 7 heteroatoms. The van der Waals surface area contributed by atoms with Crippen molar-refractivity contribution in [2.75, 3.05) is 0 Å². The molecule has 1 atom stereocenters. The van der Waals surface area contributed by atoms with Crippen LogP contribution in [0.2, 0.25) is 0 Å². The van der Waals surface area contributed by atoms with Gasteiger partial charge in [0.15, 0.2) is 0 Å². The van der Waals surface area contributed by atoms with Gasteiger partial charge in [-0.2, -0.15) is 0 Å². The van der Waals surface area contributed by atoms with E-state index in [-0.39, 0.29) is 28.7 Å². The molecule has 0 aliphatic carbocycles. The molecular weight excluding hydrogens is 252 g/mol. The number of carbonyl (C=O) groups is 4. The van der Waals surface area contributed by atoms with Crippen molar-refractivity contribution in [3.8, 4) is 0 Å². The zero-order chi connectivity index (χ0) is 14.3. The molecule has 2 rings (SSSR count). The summed E-state index contributed by atoms with van der Waals surface area (Å²) in [5, 5.41) is 13.7. The third-order valence-electron chi connectivity index (χ3n) is 3.02. The second kappa shape index (κ2) is 4.43. The van der Waals surface area contributed by atoms with Crippen LogP contribution < -0.4 is 10.6 Å². The number of imide groups is 2. The Hall–Kier alpha value is -2.28. The summed E-state index contributed by atoms with van der Waals surface area (Å²) in [6, 6.07) is 0. The van der Waals surface area contributed by atoms with Crippen molar-refractivity contribution in [1.29, 1.82) is 0 Å². The number of aliphatic hydroxyl groups is 1. The first-order valence-electron chi connectivity index (χ1n) is 5.75. The minimum absolute atomic E-state index is 0.119. The van der Waals surface area contributed by atoms with E-state index in [2.05, 4.69) is 5.32 Å². The number of rotatable bonds is 3. The van der Waals surface area contributed by atoms with Gasteiger partial charge in [0.1, 0.15) is 0 Å². The van der Waals surface area contributed by atoms with E-state index in [1.165, 1.54) is 6.92 Å². The molecule has 4 amide bonds. The summed E-state index contributed by atoms with van der Waals surface area (Å²) in [6.07, 6.45) is -0.971. The van der Waals surface area contributed by atoms with E-state index in [1.807, 2.05) is 5.32 Å². The van der Waals surface area contributed by atoms with Crippen LogP contribution in [0.1, 0.15) is 20.3 Å². The van der Waals surface area contributed by atoms with E-state index in [0.29, 0.717) is 0 Å². The zero-order valence-electron chi connectivity index (χ0n) is 10.4. The number of carbonyl (C=O) groups excluding carboxylic acids is 4. The van der Waals surface area contributed by atoms with E-state index < -0.39 is 29.7 Å². The van der Waals surface area contributed by atoms with Crippen LogP contribution in [0.3, 0.4) is 0 Å². The monoisotopic (exact) mass is 264 g/mol. The SMILES string of the molecule is CCC1=C(C2=C(C(C)O)C(=O)NC2=O)C(=O)NC1=O. The quantitative estimate of drug-likeness (QED) is 0.547. The zero-order valence-corrected chi connectivity index (χ0v) is 10.4. The van der Waals surface area contributed by atoms with Crippen LogP contribution in [0, 0.1) is 0 Å². The fourth-order valence-electron chi connectivity index (χ4n) is 2.21. The van der Waals surface area contributed by atoms with Crippen LogP contribution in [-0.2, 0) is 19.2 Å². The minimum Gasteiger partial charge on any atom is -0.388 e. The van der Waals surface area contributed by atoms with Crippen molar-refractivity contribution in [3.05, 3.63) is 22.3 Å². The molecule has 0 aromatic rings. The van der Waals surface area contributed by atoms with Crippen molar-refractivity contribution in [3.63, 3.8) is 0 Å². The largest absolute Gasteiger partial charge is 0.388 e. The Bertz CT molecular complexity index is 583. The summed E-state index contributed by atoms with van der Waals surface area (Å²) in [6.45, 7) is 2.97. The smallest absolute Gasteiger partial charge is 0.259 e. The van der Waals surface area contributed by atoms with Crippen molar-refractivity contribution in [2.24, 2.45) is 0 Å². The van der Waals surface area contributed by atoms with Gasteiger partial charge in [0, 0.05) is 5.57 Å². The van der Waals surface area contributed by atoms with E-state index >= 15 is 0 Å². The van der Waals surface area contributed by atoms with Gasteiger partial charge in [0.2, 0.25) is 0 Å². The van der Waals surface area contributed by atoms with Crippen LogP contribution >= 0.6 is 0 Å². The van der Waals surface area contributed by atoms with Crippen LogP contribution in [-0.4, -0.2) is 34.8 Å². The molecule has 0 aromatic carbocycles. The lowest BCUT2D eigenvalue weighted by molar-refractivity contribution is -0.126. The molecule has 19 heavy (non-hydrogen) atoms. The standard InChI is InChI=1S/C12H12N2O5/c1-3-5-7(11(18)13-9(5)16)8-6(4(2)15)10(17)14-12(8)19/h4,15H,3H2,1-2H3,(H,13,16,18)(H,14,17,19). The maximum absolute atomic E-state index is 11.8. The first-order valence-corrected chi connectivity index (χ1v) is 5.75. The Labute approximate surface area is 108 Å². The fourth-order valence-corrected chi connectivity index (χ4v) is 2.21. The molecule has 2 aliphatic heterocycles. The highest BCUT2D eigenvalue weighted by Gasteiger charge is 2.41. The predicted molar refractivity (Wildman–Crippen MR) is 62.3 cm³/mol. The van der Waals surface area contributed by atoms with Gasteiger partial charge in [0.25, 0.3) is 23.6 Å².